The van der Waals surface area contributed by atoms with Gasteiger partial charge in [0.1, 0.15) is 0 Å². The quantitative estimate of drug-likeness (QED) is 0.193. The fourth-order valence-electron chi connectivity index (χ4n) is 2.60. The summed E-state index contributed by atoms with van der Waals surface area (Å²) in [6.07, 6.45) is 0. The minimum atomic E-state index is -2.03. The maximum absolute atomic E-state index is 2.66. The second-order valence-electron chi connectivity index (χ2n) is 11.3. The van der Waals surface area contributed by atoms with Gasteiger partial charge in [-0.1, -0.05) is 0 Å². The van der Waals surface area contributed by atoms with E-state index in [0.717, 1.165) is 0 Å². The number of rotatable bonds is 2. The fraction of sp³-hybridized carbons (Fsp3) is 0.682. The molecule has 142 valence electrons. The number of halogens is 1. The average Bonchev–Trinajstić information content (AvgIpc) is 2.33. The van der Waals surface area contributed by atoms with Gasteiger partial charge in [0.2, 0.25) is 0 Å². The molecule has 0 heterocycles. The fourth-order valence-corrected chi connectivity index (χ4v) is 8.72. The van der Waals surface area contributed by atoms with Crippen LogP contribution in [0.5, 0.6) is 0 Å². The van der Waals surface area contributed by atoms with E-state index in [1.54, 1.807) is 6.62 Å². The van der Waals surface area contributed by atoms with Crippen molar-refractivity contribution >= 4 is 55.8 Å². The van der Waals surface area contributed by atoms with Crippen molar-refractivity contribution < 1.29 is 0 Å². The van der Waals surface area contributed by atoms with Crippen molar-refractivity contribution in [3.63, 3.8) is 0 Å². The molecule has 3 heteroatoms. The van der Waals surface area contributed by atoms with E-state index in [1.807, 2.05) is 0 Å². The van der Waals surface area contributed by atoms with Crippen LogP contribution in [0.4, 0.5) is 0 Å². The zero-order valence-corrected chi connectivity index (χ0v) is 24.4. The molecule has 0 N–H and O–H groups in total. The molecule has 0 aliphatic rings. The summed E-state index contributed by atoms with van der Waals surface area (Å²) >= 11 is 0.637. The Kier molecular flexibility index (Phi) is 7.42. The molecule has 0 aromatic heterocycles. The first-order valence-corrected chi connectivity index (χ1v) is 21.3. The molecule has 0 aliphatic carbocycles. The molecule has 0 saturated heterocycles. The van der Waals surface area contributed by atoms with Crippen LogP contribution in [0.2, 0.25) is 14.8 Å². The van der Waals surface area contributed by atoms with Gasteiger partial charge in [-0.25, -0.2) is 0 Å². The van der Waals surface area contributed by atoms with Gasteiger partial charge in [-0.05, 0) is 0 Å². The maximum atomic E-state index is 2.66. The van der Waals surface area contributed by atoms with Crippen molar-refractivity contribution in [2.75, 3.05) is 0 Å². The van der Waals surface area contributed by atoms with Crippen LogP contribution in [0.25, 0.3) is 0 Å². The molecule has 1 rings (SSSR count). The second-order valence-corrected chi connectivity index (χ2v) is 32.7. The van der Waals surface area contributed by atoms with Gasteiger partial charge >= 0.3 is 178 Å². The van der Waals surface area contributed by atoms with Crippen LogP contribution >= 0.6 is 30.8 Å². The Labute approximate surface area is 176 Å². The summed E-state index contributed by atoms with van der Waals surface area (Å²) in [6, 6.07) is 5.00. The first-order valence-electron chi connectivity index (χ1n) is 9.29. The zero-order valence-electron chi connectivity index (χ0n) is 18.5. The minimum absolute atomic E-state index is 0.161. The van der Waals surface area contributed by atoms with Crippen LogP contribution in [-0.2, 0) is 16.2 Å². The molecule has 25 heavy (non-hydrogen) atoms. The molecule has 0 unspecified atom stereocenters. The van der Waals surface area contributed by atoms with Crippen molar-refractivity contribution in [3.05, 3.63) is 28.8 Å². The molecule has 0 aliphatic heterocycles. The van der Waals surface area contributed by atoms with Crippen molar-refractivity contribution in [1.82, 2.24) is 0 Å². The molecule has 0 spiro atoms. The zero-order chi connectivity index (χ0) is 20.0. The van der Waals surface area contributed by atoms with Gasteiger partial charge in [0.05, 0.1) is 0 Å². The molecule has 0 saturated carbocycles. The second kappa shape index (κ2) is 7.74. The van der Waals surface area contributed by atoms with E-state index < -0.39 is 18.4 Å². The summed E-state index contributed by atoms with van der Waals surface area (Å²) < 4.78 is 1.71. The van der Waals surface area contributed by atoms with Crippen LogP contribution in [0, 0.1) is 0 Å². The van der Waals surface area contributed by atoms with Crippen LogP contribution < -0.4 is 5.30 Å². The Morgan fingerprint density at radius 1 is 0.760 bits per heavy atom. The van der Waals surface area contributed by atoms with Gasteiger partial charge in [0, 0.05) is 0 Å². The molecule has 0 atom stereocenters. The predicted octanol–water partition coefficient (Wildman–Crippen LogP) is 7.59. The third-order valence-electron chi connectivity index (χ3n) is 4.42. The van der Waals surface area contributed by atoms with E-state index in [0.29, 0.717) is 0 Å². The summed E-state index contributed by atoms with van der Waals surface area (Å²) in [5.74, 6) is 0. The summed E-state index contributed by atoms with van der Waals surface area (Å²) in [5, 5.41) is 1.57. The third-order valence-corrected chi connectivity index (χ3v) is 25.9. The molecule has 0 nitrogen and oxygen atoms in total. The Hall–Kier alpha value is 0.919. The Morgan fingerprint density at radius 2 is 1.12 bits per heavy atom. The molecular formula is C22H38IPSn. The summed E-state index contributed by atoms with van der Waals surface area (Å²) in [4.78, 5) is 7.58. The third kappa shape index (κ3) is 6.49. The van der Waals surface area contributed by atoms with Gasteiger partial charge in [-0.3, -0.25) is 0 Å². The van der Waals surface area contributed by atoms with E-state index in [9.17, 15) is 0 Å². The van der Waals surface area contributed by atoms with Gasteiger partial charge in [-0.15, -0.1) is 0 Å². The summed E-state index contributed by atoms with van der Waals surface area (Å²) in [5.41, 5.74) is 5.04. The van der Waals surface area contributed by atoms with E-state index in [1.165, 1.54) is 24.9 Å². The molecule has 0 radical (unpaired) electrons. The van der Waals surface area contributed by atoms with Crippen LogP contribution in [0.1, 0.15) is 79.0 Å². The van der Waals surface area contributed by atoms with Gasteiger partial charge in [-0.2, -0.15) is 0 Å². The predicted molar refractivity (Wildman–Crippen MR) is 131 cm³/mol. The molecule has 1 aromatic rings. The van der Waals surface area contributed by atoms with E-state index in [2.05, 4.69) is 112 Å². The average molecular weight is 579 g/mol. The monoisotopic (exact) mass is 580 g/mol. The van der Waals surface area contributed by atoms with Crippen molar-refractivity contribution in [1.29, 1.82) is 0 Å². The van der Waals surface area contributed by atoms with Crippen LogP contribution in [0.15, 0.2) is 12.1 Å². The molecule has 0 amide bonds. The molecular weight excluding hydrogens is 541 g/mol. The van der Waals surface area contributed by atoms with Gasteiger partial charge < -0.3 is 0 Å². The van der Waals surface area contributed by atoms with Gasteiger partial charge in [0.15, 0.2) is 0 Å². The Balaban J connectivity index is 3.96. The van der Waals surface area contributed by atoms with E-state index in [-0.39, 0.29) is 16.2 Å². The molecule has 0 bridgehead atoms. The standard InChI is InChI=1S/C19H29IP.3CH3.Sn/c1-17(2,3)13-10-14(18(4,5)6)16(21-12-20)15(11-13)19(7,8)9;;;;/h10-11H,1-9H3;3*1H3;. The normalized spacial score (nSPS) is 14.8. The summed E-state index contributed by atoms with van der Waals surface area (Å²) in [6.45, 7) is 21.2. The number of benzene rings is 1. The topological polar surface area (TPSA) is 0 Å². The first-order chi connectivity index (χ1) is 10.8. The van der Waals surface area contributed by atoms with E-state index >= 15 is 0 Å². The van der Waals surface area contributed by atoms with Gasteiger partial charge in [0.25, 0.3) is 0 Å². The Bertz CT molecular complexity index is 624. The Morgan fingerprint density at radius 3 is 1.36 bits per heavy atom. The van der Waals surface area contributed by atoms with Crippen LogP contribution in [0.3, 0.4) is 0 Å². The van der Waals surface area contributed by atoms with Crippen LogP contribution in [-0.4, -0.2) is 19.7 Å². The number of hydrogen-bond acceptors (Lipinski definition) is 0. The SMILES string of the molecule is CC(C)(C)c1cc(C(C)(C)C)c(P=[C](I)[Sn]([CH3])([CH3])[CH3])c(C(C)(C)C)c1. The summed E-state index contributed by atoms with van der Waals surface area (Å²) in [7, 11) is 1.46. The van der Waals surface area contributed by atoms with Crippen molar-refractivity contribution in [2.24, 2.45) is 0 Å². The molecule has 0 fully saturated rings. The van der Waals surface area contributed by atoms with Crippen molar-refractivity contribution in [2.45, 2.75) is 93.4 Å². The number of hydrogen-bond donors (Lipinski definition) is 0. The first kappa shape index (κ1) is 24.0. The van der Waals surface area contributed by atoms with E-state index in [4.69, 9.17) is 0 Å². The van der Waals surface area contributed by atoms with Crippen molar-refractivity contribution in [3.8, 4) is 0 Å². The molecule has 1 aromatic carbocycles.